The molecule has 0 bridgehead atoms. The Labute approximate surface area is 106 Å². The van der Waals surface area contributed by atoms with Crippen LogP contribution in [0.5, 0.6) is 5.75 Å². The highest BCUT2D eigenvalue weighted by Gasteiger charge is 2.14. The van der Waals surface area contributed by atoms with Crippen LogP contribution in [0.1, 0.15) is 18.5 Å². The summed E-state index contributed by atoms with van der Waals surface area (Å²) in [5, 5.41) is 4.74. The molecule has 18 heavy (non-hydrogen) atoms. The number of ether oxygens (including phenoxy) is 2. The van der Waals surface area contributed by atoms with E-state index in [0.717, 1.165) is 11.7 Å². The zero-order valence-electron chi connectivity index (χ0n) is 11.0. The number of hydrogen-bond acceptors (Lipinski definition) is 5. The van der Waals surface area contributed by atoms with Crippen molar-refractivity contribution in [1.82, 2.24) is 5.16 Å². The Balaban J connectivity index is 0.000000492. The molecule has 5 heteroatoms. The number of fused-ring (bicyclic) bond motifs is 1. The Kier molecular flexibility index (Phi) is 5.32. The van der Waals surface area contributed by atoms with E-state index in [1.54, 1.807) is 34.3 Å². The van der Waals surface area contributed by atoms with Gasteiger partial charge in [-0.15, -0.1) is 0 Å². The molecule has 1 atom stereocenters. The maximum absolute atomic E-state index is 10.7. The van der Waals surface area contributed by atoms with Gasteiger partial charge in [0.1, 0.15) is 17.7 Å². The summed E-state index contributed by atoms with van der Waals surface area (Å²) in [6.45, 7) is 1.79. The largest absolute Gasteiger partial charge is 0.497 e. The molecule has 1 aromatic heterocycles. The van der Waals surface area contributed by atoms with Crippen molar-refractivity contribution in [3.63, 3.8) is 0 Å². The summed E-state index contributed by atoms with van der Waals surface area (Å²) in [4.78, 5) is 10.7. The number of aromatic nitrogens is 1. The maximum atomic E-state index is 10.7. The molecule has 0 N–H and O–H groups in total. The molecule has 2 aromatic rings. The van der Waals surface area contributed by atoms with Crippen LogP contribution in [-0.4, -0.2) is 32.8 Å². The third-order valence-electron chi connectivity index (χ3n) is 2.34. The predicted molar refractivity (Wildman–Crippen MR) is 68.0 cm³/mol. The van der Waals surface area contributed by atoms with Gasteiger partial charge in [-0.05, 0) is 19.1 Å². The van der Waals surface area contributed by atoms with Crippen molar-refractivity contribution in [2.24, 2.45) is 0 Å². The lowest BCUT2D eigenvalue weighted by molar-refractivity contribution is -0.108. The molecule has 2 rings (SSSR count). The molecule has 0 saturated heterocycles. The number of carbonyl (C=O) groups is 1. The number of benzene rings is 1. The molecule has 0 fully saturated rings. The van der Waals surface area contributed by atoms with Gasteiger partial charge in [-0.1, -0.05) is 5.16 Å². The minimum Gasteiger partial charge on any atom is -0.497 e. The lowest BCUT2D eigenvalue weighted by atomic mass is 10.1. The topological polar surface area (TPSA) is 61.6 Å². The van der Waals surface area contributed by atoms with Gasteiger partial charge in [0.05, 0.1) is 13.0 Å². The first kappa shape index (κ1) is 14.2. The van der Waals surface area contributed by atoms with E-state index in [4.69, 9.17) is 9.26 Å². The Bertz CT molecular complexity index is 507. The summed E-state index contributed by atoms with van der Waals surface area (Å²) in [7, 11) is 4.84. The van der Waals surface area contributed by atoms with E-state index in [-0.39, 0.29) is 5.92 Å². The van der Waals surface area contributed by atoms with E-state index in [0.29, 0.717) is 17.0 Å². The predicted octanol–water partition coefficient (Wildman–Crippen LogP) is 2.40. The fraction of sp³-hybridized carbons (Fsp3) is 0.385. The molecule has 0 aliphatic carbocycles. The van der Waals surface area contributed by atoms with E-state index in [2.05, 4.69) is 9.89 Å². The molecule has 1 aromatic carbocycles. The second-order valence-corrected chi connectivity index (χ2v) is 3.76. The van der Waals surface area contributed by atoms with Crippen LogP contribution in [0.15, 0.2) is 22.7 Å². The van der Waals surface area contributed by atoms with Gasteiger partial charge in [-0.3, -0.25) is 0 Å². The molecule has 0 spiro atoms. The summed E-state index contributed by atoms with van der Waals surface area (Å²) < 4.78 is 14.4. The number of hydrogen-bond donors (Lipinski definition) is 0. The molecule has 5 nitrogen and oxygen atoms in total. The minimum atomic E-state index is -0.250. The van der Waals surface area contributed by atoms with Crippen molar-refractivity contribution in [1.29, 1.82) is 0 Å². The van der Waals surface area contributed by atoms with Gasteiger partial charge >= 0.3 is 0 Å². The summed E-state index contributed by atoms with van der Waals surface area (Å²) in [6, 6.07) is 5.42. The highest BCUT2D eigenvalue weighted by molar-refractivity contribution is 5.84. The first-order valence-corrected chi connectivity index (χ1v) is 5.46. The van der Waals surface area contributed by atoms with Gasteiger partial charge < -0.3 is 18.8 Å². The molecule has 0 amide bonds. The lowest BCUT2D eigenvalue weighted by Crippen LogP contribution is -1.94. The molecule has 0 aliphatic heterocycles. The Morgan fingerprint density at radius 3 is 2.56 bits per heavy atom. The van der Waals surface area contributed by atoms with Crippen LogP contribution < -0.4 is 4.74 Å². The first-order valence-electron chi connectivity index (χ1n) is 5.46. The van der Waals surface area contributed by atoms with Gasteiger partial charge in [-0.25, -0.2) is 0 Å². The van der Waals surface area contributed by atoms with Gasteiger partial charge in [-0.2, -0.15) is 0 Å². The number of methoxy groups -OCH3 is 2. The SMILES string of the molecule is COC.COc1ccc2c(C(C)C=O)noc2c1. The van der Waals surface area contributed by atoms with Gasteiger partial charge in [0.2, 0.25) is 0 Å². The second-order valence-electron chi connectivity index (χ2n) is 3.76. The summed E-state index contributed by atoms with van der Waals surface area (Å²) in [5.74, 6) is 0.462. The van der Waals surface area contributed by atoms with Crippen LogP contribution in [-0.2, 0) is 9.53 Å². The van der Waals surface area contributed by atoms with E-state index in [1.807, 2.05) is 12.1 Å². The van der Waals surface area contributed by atoms with E-state index < -0.39 is 0 Å². The Hall–Kier alpha value is -1.88. The molecule has 1 unspecified atom stereocenters. The summed E-state index contributed by atoms with van der Waals surface area (Å²) in [5.41, 5.74) is 1.31. The molecular weight excluding hydrogens is 234 g/mol. The lowest BCUT2D eigenvalue weighted by Gasteiger charge is -1.99. The van der Waals surface area contributed by atoms with E-state index in [1.165, 1.54) is 0 Å². The average molecular weight is 251 g/mol. The number of aldehydes is 1. The van der Waals surface area contributed by atoms with Crippen molar-refractivity contribution in [2.75, 3.05) is 21.3 Å². The van der Waals surface area contributed by atoms with Gasteiger partial charge in [0.15, 0.2) is 5.58 Å². The van der Waals surface area contributed by atoms with Crippen molar-refractivity contribution < 1.29 is 18.8 Å². The maximum Gasteiger partial charge on any atom is 0.170 e. The van der Waals surface area contributed by atoms with Gasteiger partial charge in [0, 0.05) is 25.7 Å². The van der Waals surface area contributed by atoms with Crippen molar-refractivity contribution in [2.45, 2.75) is 12.8 Å². The zero-order valence-corrected chi connectivity index (χ0v) is 11.0. The standard InChI is InChI=1S/C11H11NO3.C2H6O/c1-7(6-13)11-9-4-3-8(14-2)5-10(9)15-12-11;1-3-2/h3-7H,1-2H3;1-2H3. The molecule has 98 valence electrons. The van der Waals surface area contributed by atoms with Crippen molar-refractivity contribution >= 4 is 17.3 Å². The molecule has 1 heterocycles. The van der Waals surface area contributed by atoms with Gasteiger partial charge in [0.25, 0.3) is 0 Å². The number of rotatable bonds is 3. The van der Waals surface area contributed by atoms with Crippen molar-refractivity contribution in [3.05, 3.63) is 23.9 Å². The fourth-order valence-corrected chi connectivity index (χ4v) is 1.46. The molecule has 0 saturated carbocycles. The van der Waals surface area contributed by atoms with Crippen LogP contribution >= 0.6 is 0 Å². The van der Waals surface area contributed by atoms with Crippen LogP contribution in [0.25, 0.3) is 11.0 Å². The minimum absolute atomic E-state index is 0.250. The second kappa shape index (κ2) is 6.76. The molecule has 0 radical (unpaired) electrons. The zero-order chi connectivity index (χ0) is 13.5. The van der Waals surface area contributed by atoms with E-state index in [9.17, 15) is 4.79 Å². The smallest absolute Gasteiger partial charge is 0.170 e. The highest BCUT2D eigenvalue weighted by atomic mass is 16.5. The van der Waals surface area contributed by atoms with Crippen molar-refractivity contribution in [3.8, 4) is 5.75 Å². The normalized spacial score (nSPS) is 11.6. The van der Waals surface area contributed by atoms with E-state index >= 15 is 0 Å². The third-order valence-corrected chi connectivity index (χ3v) is 2.34. The summed E-state index contributed by atoms with van der Waals surface area (Å²) in [6.07, 6.45) is 0.849. The monoisotopic (exact) mass is 251 g/mol. The number of nitrogens with zero attached hydrogens (tertiary/aromatic N) is 1. The van der Waals surface area contributed by atoms with Crippen LogP contribution in [0.3, 0.4) is 0 Å². The highest BCUT2D eigenvalue weighted by Crippen LogP contribution is 2.27. The molecular formula is C13H17NO4. The van der Waals surface area contributed by atoms with Crippen LogP contribution in [0, 0.1) is 0 Å². The average Bonchev–Trinajstić information content (AvgIpc) is 2.81. The third kappa shape index (κ3) is 3.07. The quantitative estimate of drug-likeness (QED) is 0.784. The fourth-order valence-electron chi connectivity index (χ4n) is 1.46. The van der Waals surface area contributed by atoms with Crippen LogP contribution in [0.2, 0.25) is 0 Å². The number of carbonyl (C=O) groups excluding carboxylic acids is 1. The Morgan fingerprint density at radius 1 is 1.33 bits per heavy atom. The van der Waals surface area contributed by atoms with Crippen LogP contribution in [0.4, 0.5) is 0 Å². The summed E-state index contributed by atoms with van der Waals surface area (Å²) >= 11 is 0. The molecule has 0 aliphatic rings. The first-order chi connectivity index (χ1) is 8.67. The Morgan fingerprint density at radius 2 is 2.00 bits per heavy atom.